The molecule has 0 amide bonds. The molecule has 0 aliphatic rings. The highest BCUT2D eigenvalue weighted by Gasteiger charge is 2.23. The molecule has 1 aromatic carbocycles. The van der Waals surface area contributed by atoms with Gasteiger partial charge in [0.2, 0.25) is 10.0 Å². The topological polar surface area (TPSA) is 92.4 Å². The van der Waals surface area contributed by atoms with Gasteiger partial charge < -0.3 is 10.8 Å². The van der Waals surface area contributed by atoms with Gasteiger partial charge in [0.05, 0.1) is 11.8 Å². The molecule has 0 saturated heterocycles. The molecule has 0 bridgehead atoms. The fourth-order valence-electron chi connectivity index (χ4n) is 1.64. The van der Waals surface area contributed by atoms with Gasteiger partial charge >= 0.3 is 0 Å². The van der Waals surface area contributed by atoms with E-state index in [0.29, 0.717) is 6.07 Å². The van der Waals surface area contributed by atoms with E-state index in [-0.39, 0.29) is 6.42 Å². The summed E-state index contributed by atoms with van der Waals surface area (Å²) in [7, 11) is -4.16. The van der Waals surface area contributed by atoms with Crippen LogP contribution < -0.4 is 10.5 Å². The van der Waals surface area contributed by atoms with Crippen LogP contribution >= 0.6 is 0 Å². The Bertz CT molecular complexity index is 561. The van der Waals surface area contributed by atoms with Gasteiger partial charge in [-0.2, -0.15) is 0 Å². The average molecular weight is 294 g/mol. The molecule has 2 atom stereocenters. The fraction of sp³-hybridized carbons (Fsp3) is 0.455. The van der Waals surface area contributed by atoms with Gasteiger partial charge in [0, 0.05) is 12.1 Å². The van der Waals surface area contributed by atoms with Crippen LogP contribution in [0, 0.1) is 11.6 Å². The number of nitrogen functional groups attached to an aromatic ring is 1. The van der Waals surface area contributed by atoms with Crippen LogP contribution in [0.4, 0.5) is 14.5 Å². The smallest absolute Gasteiger partial charge is 0.243 e. The van der Waals surface area contributed by atoms with Gasteiger partial charge in [-0.3, -0.25) is 0 Å². The predicted molar refractivity (Wildman–Crippen MR) is 66.9 cm³/mol. The second kappa shape index (κ2) is 5.81. The van der Waals surface area contributed by atoms with E-state index in [1.54, 1.807) is 0 Å². The third-order valence-electron chi connectivity index (χ3n) is 2.39. The van der Waals surface area contributed by atoms with E-state index in [1.165, 1.54) is 13.8 Å². The van der Waals surface area contributed by atoms with Crippen molar-refractivity contribution in [2.24, 2.45) is 0 Å². The highest BCUT2D eigenvalue weighted by molar-refractivity contribution is 7.89. The van der Waals surface area contributed by atoms with Crippen LogP contribution in [0.1, 0.15) is 20.3 Å². The zero-order valence-corrected chi connectivity index (χ0v) is 11.3. The molecule has 19 heavy (non-hydrogen) atoms. The van der Waals surface area contributed by atoms with Crippen LogP contribution in [-0.4, -0.2) is 25.7 Å². The van der Waals surface area contributed by atoms with Crippen molar-refractivity contribution in [3.63, 3.8) is 0 Å². The Morgan fingerprint density at radius 1 is 1.32 bits per heavy atom. The number of hydrogen-bond donors (Lipinski definition) is 3. The van der Waals surface area contributed by atoms with Crippen LogP contribution in [0.25, 0.3) is 0 Å². The largest absolute Gasteiger partial charge is 0.396 e. The summed E-state index contributed by atoms with van der Waals surface area (Å²) in [6.07, 6.45) is -0.543. The van der Waals surface area contributed by atoms with Crippen molar-refractivity contribution < 1.29 is 22.3 Å². The Labute approximate surface area is 110 Å². The van der Waals surface area contributed by atoms with Gasteiger partial charge in [0.15, 0.2) is 0 Å². The van der Waals surface area contributed by atoms with Crippen molar-refractivity contribution in [3.8, 4) is 0 Å². The number of rotatable bonds is 5. The second-order valence-electron chi connectivity index (χ2n) is 4.41. The molecule has 0 heterocycles. The first-order chi connectivity index (χ1) is 8.63. The van der Waals surface area contributed by atoms with Crippen molar-refractivity contribution in [1.29, 1.82) is 0 Å². The lowest BCUT2D eigenvalue weighted by molar-refractivity contribution is 0.175. The Morgan fingerprint density at radius 2 is 1.89 bits per heavy atom. The number of halogens is 2. The minimum absolute atomic E-state index is 0.164. The van der Waals surface area contributed by atoms with Gasteiger partial charge in [-0.1, -0.05) is 0 Å². The molecule has 8 heteroatoms. The zero-order chi connectivity index (χ0) is 14.8. The molecule has 108 valence electrons. The maximum atomic E-state index is 13.5. The number of hydrogen-bond acceptors (Lipinski definition) is 4. The highest BCUT2D eigenvalue weighted by atomic mass is 32.2. The van der Waals surface area contributed by atoms with Gasteiger partial charge in [0.25, 0.3) is 0 Å². The predicted octanol–water partition coefficient (Wildman–Crippen LogP) is 0.985. The Kier molecular flexibility index (Phi) is 4.83. The van der Waals surface area contributed by atoms with Crippen LogP contribution in [0.3, 0.4) is 0 Å². The lowest BCUT2D eigenvalue weighted by Gasteiger charge is -2.16. The molecule has 5 nitrogen and oxygen atoms in total. The minimum atomic E-state index is -4.16. The summed E-state index contributed by atoms with van der Waals surface area (Å²) in [6, 6.07) is 0.543. The average Bonchev–Trinajstić information content (AvgIpc) is 2.20. The van der Waals surface area contributed by atoms with Crippen LogP contribution in [0.2, 0.25) is 0 Å². The highest BCUT2D eigenvalue weighted by Crippen LogP contribution is 2.21. The summed E-state index contributed by atoms with van der Waals surface area (Å²) >= 11 is 0. The SMILES string of the molecule is CC(O)CC(C)NS(=O)(=O)c1cc(N)c(F)cc1F. The van der Waals surface area contributed by atoms with Gasteiger partial charge in [-0.05, 0) is 26.3 Å². The molecule has 4 N–H and O–H groups in total. The van der Waals surface area contributed by atoms with Gasteiger partial charge in [-0.15, -0.1) is 0 Å². The van der Waals surface area contributed by atoms with Crippen molar-refractivity contribution in [3.05, 3.63) is 23.8 Å². The first-order valence-electron chi connectivity index (χ1n) is 5.58. The van der Waals surface area contributed by atoms with E-state index in [9.17, 15) is 17.2 Å². The van der Waals surface area contributed by atoms with Crippen LogP contribution in [0.5, 0.6) is 0 Å². The lowest BCUT2D eigenvalue weighted by Crippen LogP contribution is -2.35. The summed E-state index contributed by atoms with van der Waals surface area (Å²) in [5.41, 5.74) is 4.77. The second-order valence-corrected chi connectivity index (χ2v) is 6.09. The molecule has 0 aliphatic carbocycles. The summed E-state index contributed by atoms with van der Waals surface area (Å²) in [6.45, 7) is 3.02. The van der Waals surface area contributed by atoms with Crippen LogP contribution in [0.15, 0.2) is 17.0 Å². The summed E-state index contributed by atoms with van der Waals surface area (Å²) < 4.78 is 52.4. The summed E-state index contributed by atoms with van der Waals surface area (Å²) in [5, 5.41) is 9.15. The van der Waals surface area contributed by atoms with Crippen molar-refractivity contribution in [2.45, 2.75) is 37.3 Å². The molecule has 0 radical (unpaired) electrons. The molecule has 2 unspecified atom stereocenters. The normalized spacial score (nSPS) is 15.2. The first kappa shape index (κ1) is 15.8. The lowest BCUT2D eigenvalue weighted by atomic mass is 10.2. The van der Waals surface area contributed by atoms with Crippen molar-refractivity contribution in [2.75, 3.05) is 5.73 Å². The van der Waals surface area contributed by atoms with E-state index < -0.39 is 44.4 Å². The molecule has 0 aromatic heterocycles. The number of nitrogens with two attached hydrogens (primary N) is 1. The maximum Gasteiger partial charge on any atom is 0.243 e. The maximum absolute atomic E-state index is 13.5. The number of benzene rings is 1. The molecule has 1 aromatic rings. The van der Waals surface area contributed by atoms with E-state index in [2.05, 4.69) is 4.72 Å². The van der Waals surface area contributed by atoms with E-state index in [4.69, 9.17) is 10.8 Å². The molecular weight excluding hydrogens is 278 g/mol. The molecule has 0 saturated carbocycles. The number of aliphatic hydroxyl groups is 1. The standard InChI is InChI=1S/C11H16F2N2O3S/c1-6(3-7(2)16)15-19(17,18)11-5-10(14)8(12)4-9(11)13/h4-7,15-16H,3,14H2,1-2H3. The number of nitrogens with one attached hydrogen (secondary N) is 1. The van der Waals surface area contributed by atoms with Crippen LogP contribution in [-0.2, 0) is 10.0 Å². The van der Waals surface area contributed by atoms with E-state index in [1.807, 2.05) is 0 Å². The van der Waals surface area contributed by atoms with Crippen molar-refractivity contribution in [1.82, 2.24) is 4.72 Å². The molecule has 0 fully saturated rings. The Balaban J connectivity index is 3.04. The van der Waals surface area contributed by atoms with E-state index >= 15 is 0 Å². The monoisotopic (exact) mass is 294 g/mol. The van der Waals surface area contributed by atoms with Crippen molar-refractivity contribution >= 4 is 15.7 Å². The Hall–Kier alpha value is -1.25. The number of aliphatic hydroxyl groups excluding tert-OH is 1. The Morgan fingerprint density at radius 3 is 2.42 bits per heavy atom. The fourth-order valence-corrected chi connectivity index (χ4v) is 2.99. The first-order valence-corrected chi connectivity index (χ1v) is 7.06. The molecule has 0 aliphatic heterocycles. The van der Waals surface area contributed by atoms with Gasteiger partial charge in [0.1, 0.15) is 16.5 Å². The minimum Gasteiger partial charge on any atom is -0.396 e. The summed E-state index contributed by atoms with van der Waals surface area (Å²) in [5.74, 6) is -2.24. The third-order valence-corrected chi connectivity index (χ3v) is 4.00. The molecular formula is C11H16F2N2O3S. The van der Waals surface area contributed by atoms with Gasteiger partial charge in [-0.25, -0.2) is 21.9 Å². The van der Waals surface area contributed by atoms with E-state index in [0.717, 1.165) is 6.07 Å². The zero-order valence-electron chi connectivity index (χ0n) is 10.5. The molecule has 1 rings (SSSR count). The number of anilines is 1. The third kappa shape index (κ3) is 4.12. The number of sulfonamides is 1. The quantitative estimate of drug-likeness (QED) is 0.706. The molecule has 0 spiro atoms. The summed E-state index contributed by atoms with van der Waals surface area (Å²) in [4.78, 5) is -0.719.